The average Bonchev–Trinajstić information content (AvgIpc) is 2.96. The van der Waals surface area contributed by atoms with Gasteiger partial charge in [0.05, 0.1) is 19.3 Å². The summed E-state index contributed by atoms with van der Waals surface area (Å²) in [6.07, 6.45) is -0.169. The number of ether oxygens (including phenoxy) is 4. The van der Waals surface area contributed by atoms with Crippen molar-refractivity contribution in [2.75, 3.05) is 7.11 Å². The number of carbonyl (C=O) groups is 1. The minimum atomic E-state index is -1.52. The summed E-state index contributed by atoms with van der Waals surface area (Å²) in [5.41, 5.74) is 0.459. The number of rotatable bonds is 2. The predicted molar refractivity (Wildman–Crippen MR) is 91.4 cm³/mol. The molecule has 0 bridgehead atoms. The van der Waals surface area contributed by atoms with Gasteiger partial charge in [-0.1, -0.05) is 6.08 Å². The monoisotopic (exact) mass is 378 g/mol. The molecule has 0 saturated carbocycles. The molecule has 0 radical (unpaired) electrons. The third kappa shape index (κ3) is 2.89. The fourth-order valence-corrected chi connectivity index (χ4v) is 3.94. The number of methoxy groups -OCH3 is 1. The molecule has 4 rings (SSSR count). The van der Waals surface area contributed by atoms with E-state index in [2.05, 4.69) is 0 Å². The van der Waals surface area contributed by atoms with Gasteiger partial charge in [-0.3, -0.25) is 0 Å². The number of aromatic hydroxyl groups is 1. The van der Waals surface area contributed by atoms with E-state index in [4.69, 9.17) is 18.9 Å². The Bertz CT molecular complexity index is 790. The van der Waals surface area contributed by atoms with Crippen LogP contribution >= 0.6 is 0 Å². The molecule has 27 heavy (non-hydrogen) atoms. The molecule has 8 nitrogen and oxygen atoms in total. The third-order valence-corrected chi connectivity index (χ3v) is 5.23. The van der Waals surface area contributed by atoms with Crippen molar-refractivity contribution in [3.63, 3.8) is 0 Å². The maximum absolute atomic E-state index is 12.3. The van der Waals surface area contributed by atoms with Crippen LogP contribution in [-0.2, 0) is 14.2 Å². The molecule has 1 fully saturated rings. The summed E-state index contributed by atoms with van der Waals surface area (Å²) in [5, 5.41) is 31.1. The molecule has 1 aromatic carbocycles. The first kappa shape index (κ1) is 18.2. The van der Waals surface area contributed by atoms with E-state index < -0.39 is 36.2 Å². The molecule has 0 aromatic heterocycles. The number of phenolic OH excluding ortho intramolecular Hbond substituents is 1. The van der Waals surface area contributed by atoms with Gasteiger partial charge in [0.1, 0.15) is 29.3 Å². The van der Waals surface area contributed by atoms with Gasteiger partial charge in [0.2, 0.25) is 5.79 Å². The van der Waals surface area contributed by atoms with Gasteiger partial charge >= 0.3 is 5.97 Å². The van der Waals surface area contributed by atoms with E-state index in [1.807, 2.05) is 13.0 Å². The maximum Gasteiger partial charge on any atom is 0.343 e. The number of carbonyl (C=O) groups excluding carboxylic acids is 1. The highest BCUT2D eigenvalue weighted by Gasteiger charge is 2.54. The van der Waals surface area contributed by atoms with E-state index in [-0.39, 0.29) is 23.8 Å². The minimum Gasteiger partial charge on any atom is -0.507 e. The molecule has 146 valence electrons. The standard InChI is InChI=1S/C19H22O8/c1-9-4-3-5-19(26-9)17(22)13(21)8-14(27-19)16-11-6-10(24-2)7-12(20)15(11)18(23)25-16/h3,5-7,9,13-14,16-17,20-22H,4,8H2,1-2H3/t9-,13-,14+,16-,17-,19+/m0/s1. The predicted octanol–water partition coefficient (Wildman–Crippen LogP) is 1.18. The van der Waals surface area contributed by atoms with Gasteiger partial charge in [-0.05, 0) is 25.5 Å². The number of phenols is 1. The SMILES string of the molecule is COc1cc(O)c2c(c1)[C@@H]([C@H]1C[C@H](O)[C@H](O)[C@@]3(C=CC[C@H](C)O3)O1)OC2=O. The summed E-state index contributed by atoms with van der Waals surface area (Å²) < 4.78 is 22.5. The minimum absolute atomic E-state index is 0.0316. The maximum atomic E-state index is 12.3. The first-order valence-corrected chi connectivity index (χ1v) is 8.86. The van der Waals surface area contributed by atoms with Crippen molar-refractivity contribution in [2.45, 2.75) is 56.1 Å². The number of hydrogen-bond acceptors (Lipinski definition) is 8. The fraction of sp³-hybridized carbons (Fsp3) is 0.526. The van der Waals surface area contributed by atoms with Crippen molar-refractivity contribution in [3.8, 4) is 11.5 Å². The highest BCUT2D eigenvalue weighted by Crippen LogP contribution is 2.46. The third-order valence-electron chi connectivity index (χ3n) is 5.23. The van der Waals surface area contributed by atoms with Crippen molar-refractivity contribution in [1.29, 1.82) is 0 Å². The lowest BCUT2D eigenvalue weighted by atomic mass is 9.88. The van der Waals surface area contributed by atoms with Crippen LogP contribution in [0.4, 0.5) is 0 Å². The molecule has 3 N–H and O–H groups in total. The Hall–Kier alpha value is -2.13. The van der Waals surface area contributed by atoms with Gasteiger partial charge in [-0.15, -0.1) is 0 Å². The molecule has 1 spiro atoms. The van der Waals surface area contributed by atoms with Crippen LogP contribution < -0.4 is 4.74 Å². The zero-order valence-electron chi connectivity index (χ0n) is 15.0. The van der Waals surface area contributed by atoms with Crippen LogP contribution in [0.25, 0.3) is 0 Å². The number of fused-ring (bicyclic) bond motifs is 1. The molecular formula is C19H22O8. The Morgan fingerprint density at radius 2 is 2.04 bits per heavy atom. The normalized spacial score (nSPS) is 37.9. The molecule has 6 atom stereocenters. The second kappa shape index (κ2) is 6.49. The second-order valence-corrected chi connectivity index (χ2v) is 7.13. The Balaban J connectivity index is 1.71. The number of cyclic esters (lactones) is 1. The van der Waals surface area contributed by atoms with Crippen LogP contribution in [0.2, 0.25) is 0 Å². The fourth-order valence-electron chi connectivity index (χ4n) is 3.94. The van der Waals surface area contributed by atoms with E-state index in [1.54, 1.807) is 12.1 Å². The first-order valence-electron chi connectivity index (χ1n) is 8.86. The van der Waals surface area contributed by atoms with Crippen LogP contribution in [0.5, 0.6) is 11.5 Å². The molecule has 3 aliphatic heterocycles. The molecule has 0 aliphatic carbocycles. The number of benzene rings is 1. The highest BCUT2D eigenvalue weighted by molar-refractivity contribution is 5.97. The quantitative estimate of drug-likeness (QED) is 0.519. The van der Waals surface area contributed by atoms with Gasteiger partial charge in [0, 0.05) is 18.1 Å². The molecule has 0 unspecified atom stereocenters. The first-order chi connectivity index (χ1) is 12.8. The van der Waals surface area contributed by atoms with Crippen LogP contribution in [0.15, 0.2) is 24.3 Å². The molecular weight excluding hydrogens is 356 g/mol. The highest BCUT2D eigenvalue weighted by atomic mass is 16.7. The largest absolute Gasteiger partial charge is 0.507 e. The van der Waals surface area contributed by atoms with E-state index in [0.29, 0.717) is 17.7 Å². The molecule has 3 aliphatic rings. The van der Waals surface area contributed by atoms with Gasteiger partial charge in [-0.2, -0.15) is 0 Å². The Labute approximate surface area is 155 Å². The van der Waals surface area contributed by atoms with Gasteiger partial charge in [-0.25, -0.2) is 4.79 Å². The Morgan fingerprint density at radius 1 is 1.26 bits per heavy atom. The lowest BCUT2D eigenvalue weighted by Crippen LogP contribution is -2.60. The van der Waals surface area contributed by atoms with Gasteiger partial charge in [0.25, 0.3) is 0 Å². The van der Waals surface area contributed by atoms with Gasteiger partial charge < -0.3 is 34.3 Å². The van der Waals surface area contributed by atoms with Crippen molar-refractivity contribution in [3.05, 3.63) is 35.4 Å². The van der Waals surface area contributed by atoms with E-state index in [0.717, 1.165) is 0 Å². The van der Waals surface area contributed by atoms with Crippen molar-refractivity contribution in [2.24, 2.45) is 0 Å². The summed E-state index contributed by atoms with van der Waals surface area (Å²) in [5.74, 6) is -2.08. The summed E-state index contributed by atoms with van der Waals surface area (Å²) in [6, 6.07) is 2.93. The zero-order valence-corrected chi connectivity index (χ0v) is 15.0. The van der Waals surface area contributed by atoms with Crippen molar-refractivity contribution >= 4 is 5.97 Å². The zero-order chi connectivity index (χ0) is 19.3. The Morgan fingerprint density at radius 3 is 2.74 bits per heavy atom. The Kier molecular flexibility index (Phi) is 4.38. The molecule has 1 saturated heterocycles. The van der Waals surface area contributed by atoms with E-state index in [1.165, 1.54) is 13.2 Å². The summed E-state index contributed by atoms with van der Waals surface area (Å²) in [4.78, 5) is 12.3. The molecule has 0 amide bonds. The number of aliphatic hydroxyl groups is 2. The van der Waals surface area contributed by atoms with Crippen LogP contribution in [0.1, 0.15) is 41.8 Å². The molecule has 3 heterocycles. The van der Waals surface area contributed by atoms with E-state index in [9.17, 15) is 20.1 Å². The van der Waals surface area contributed by atoms with Crippen molar-refractivity contribution in [1.82, 2.24) is 0 Å². The average molecular weight is 378 g/mol. The summed E-state index contributed by atoms with van der Waals surface area (Å²) in [7, 11) is 1.45. The molecule has 1 aromatic rings. The van der Waals surface area contributed by atoms with Crippen LogP contribution in [-0.4, -0.2) is 58.6 Å². The topological polar surface area (TPSA) is 115 Å². The summed E-state index contributed by atoms with van der Waals surface area (Å²) >= 11 is 0. The van der Waals surface area contributed by atoms with Gasteiger partial charge in [0.15, 0.2) is 6.10 Å². The number of aliphatic hydroxyl groups excluding tert-OH is 2. The second-order valence-electron chi connectivity index (χ2n) is 7.13. The van der Waals surface area contributed by atoms with Crippen LogP contribution in [0.3, 0.4) is 0 Å². The number of hydrogen-bond donors (Lipinski definition) is 3. The summed E-state index contributed by atoms with van der Waals surface area (Å²) in [6.45, 7) is 1.84. The molecule has 8 heteroatoms. The smallest absolute Gasteiger partial charge is 0.343 e. The number of esters is 1. The lowest BCUT2D eigenvalue weighted by molar-refractivity contribution is -0.339. The van der Waals surface area contributed by atoms with Crippen molar-refractivity contribution < 1.29 is 39.1 Å². The lowest BCUT2D eigenvalue weighted by Gasteiger charge is -2.48. The van der Waals surface area contributed by atoms with Crippen LogP contribution in [0, 0.1) is 0 Å². The van der Waals surface area contributed by atoms with E-state index >= 15 is 0 Å².